The van der Waals surface area contributed by atoms with Gasteiger partial charge in [0.1, 0.15) is 9.96 Å². The molecule has 9 heteroatoms. The van der Waals surface area contributed by atoms with Crippen molar-refractivity contribution in [2.24, 2.45) is 0 Å². The molecule has 1 fully saturated rings. The molecule has 26 heavy (non-hydrogen) atoms. The van der Waals surface area contributed by atoms with Gasteiger partial charge in [0.25, 0.3) is 5.91 Å². The number of benzene rings is 1. The number of hydrogen-bond donors (Lipinski definition) is 1. The van der Waals surface area contributed by atoms with Gasteiger partial charge in [0.2, 0.25) is 10.0 Å². The maximum Gasteiger partial charge on any atom is 0.260 e. The molecule has 0 atom stereocenters. The molecule has 0 unspecified atom stereocenters. The topological polar surface area (TPSA) is 75.7 Å². The number of halogens is 1. The highest BCUT2D eigenvalue weighted by molar-refractivity contribution is 7.91. The van der Waals surface area contributed by atoms with Crippen molar-refractivity contribution in [2.45, 2.75) is 23.1 Å². The summed E-state index contributed by atoms with van der Waals surface area (Å²) in [7, 11) is -3.47. The molecule has 1 aromatic heterocycles. The lowest BCUT2D eigenvalue weighted by Crippen LogP contribution is -2.47. The van der Waals surface area contributed by atoms with Crippen LogP contribution in [0.2, 0.25) is 5.02 Å². The number of likely N-dealkylation sites (tertiary alicyclic amines) is 1. The average Bonchev–Trinajstić information content (AvgIpc) is 3.17. The molecule has 1 aromatic carbocycles. The van der Waals surface area contributed by atoms with Crippen molar-refractivity contribution < 1.29 is 17.9 Å². The predicted octanol–water partition coefficient (Wildman–Crippen LogP) is 2.75. The molecule has 0 radical (unpaired) electrons. The largest absolute Gasteiger partial charge is 0.484 e. The third-order valence-electron chi connectivity index (χ3n) is 4.11. The number of carbonyl (C=O) groups is 1. The second-order valence-corrected chi connectivity index (χ2v) is 9.28. The Morgan fingerprint density at radius 1 is 1.23 bits per heavy atom. The number of carbonyl (C=O) groups excluding carboxylic acids is 1. The number of piperidine rings is 1. The van der Waals surface area contributed by atoms with Gasteiger partial charge >= 0.3 is 0 Å². The third kappa shape index (κ3) is 4.97. The van der Waals surface area contributed by atoms with Crippen molar-refractivity contribution in [3.63, 3.8) is 0 Å². The zero-order valence-corrected chi connectivity index (χ0v) is 16.3. The van der Waals surface area contributed by atoms with E-state index in [1.165, 1.54) is 11.3 Å². The SMILES string of the molecule is O=C(COc1ccc(Cl)cc1)N1CCC(NS(=O)(=O)c2cccs2)CC1. The molecular formula is C17H19ClN2O4S2. The van der Waals surface area contributed by atoms with Crippen LogP contribution < -0.4 is 9.46 Å². The van der Waals surface area contributed by atoms with E-state index in [0.717, 1.165) is 0 Å². The number of sulfonamides is 1. The molecule has 1 saturated heterocycles. The number of nitrogens with zero attached hydrogens (tertiary/aromatic N) is 1. The summed E-state index contributed by atoms with van der Waals surface area (Å²) in [6.07, 6.45) is 1.16. The first-order valence-corrected chi connectivity index (χ1v) is 10.9. The first kappa shape index (κ1) is 19.2. The van der Waals surface area contributed by atoms with Crippen LogP contribution in [0, 0.1) is 0 Å². The van der Waals surface area contributed by atoms with Gasteiger partial charge in [-0.25, -0.2) is 13.1 Å². The zero-order chi connectivity index (χ0) is 18.6. The standard InChI is InChI=1S/C17H19ClN2O4S2/c18-13-3-5-15(6-4-13)24-12-16(21)20-9-7-14(8-10-20)19-26(22,23)17-2-1-11-25-17/h1-6,11,14,19H,7-10,12H2. The summed E-state index contributed by atoms with van der Waals surface area (Å²) in [5.74, 6) is 0.473. The van der Waals surface area contributed by atoms with Crippen molar-refractivity contribution >= 4 is 38.9 Å². The number of thiophene rings is 1. The number of nitrogens with one attached hydrogen (secondary N) is 1. The summed E-state index contributed by atoms with van der Waals surface area (Å²) in [6.45, 7) is 0.952. The zero-order valence-electron chi connectivity index (χ0n) is 13.9. The van der Waals surface area contributed by atoms with Crippen molar-refractivity contribution in [1.29, 1.82) is 0 Å². The van der Waals surface area contributed by atoms with E-state index < -0.39 is 10.0 Å². The smallest absolute Gasteiger partial charge is 0.260 e. The number of rotatable bonds is 6. The van der Waals surface area contributed by atoms with Crippen molar-refractivity contribution in [3.05, 3.63) is 46.8 Å². The van der Waals surface area contributed by atoms with Gasteiger partial charge in [0.15, 0.2) is 6.61 Å². The Labute approximate surface area is 161 Å². The minimum absolute atomic E-state index is 0.0484. The monoisotopic (exact) mass is 414 g/mol. The summed E-state index contributed by atoms with van der Waals surface area (Å²) in [4.78, 5) is 14.0. The molecule has 1 N–H and O–H groups in total. The molecule has 0 saturated carbocycles. The van der Waals surface area contributed by atoms with Crippen molar-refractivity contribution in [1.82, 2.24) is 9.62 Å². The average molecular weight is 415 g/mol. The van der Waals surface area contributed by atoms with Crippen LogP contribution in [-0.2, 0) is 14.8 Å². The van der Waals surface area contributed by atoms with E-state index in [9.17, 15) is 13.2 Å². The summed E-state index contributed by atoms with van der Waals surface area (Å²) in [5.41, 5.74) is 0. The highest BCUT2D eigenvalue weighted by Gasteiger charge is 2.27. The van der Waals surface area contributed by atoms with Crippen LogP contribution in [0.5, 0.6) is 5.75 Å². The van der Waals surface area contributed by atoms with Crippen LogP contribution in [0.1, 0.15) is 12.8 Å². The summed E-state index contributed by atoms with van der Waals surface area (Å²) >= 11 is 7.00. The maximum absolute atomic E-state index is 12.3. The second kappa shape index (κ2) is 8.39. The number of hydrogen-bond acceptors (Lipinski definition) is 5. The van der Waals surface area contributed by atoms with Gasteiger partial charge in [-0.1, -0.05) is 17.7 Å². The van der Waals surface area contributed by atoms with Gasteiger partial charge in [-0.15, -0.1) is 11.3 Å². The van der Waals surface area contributed by atoms with E-state index >= 15 is 0 Å². The Hall–Kier alpha value is -1.61. The molecule has 1 amide bonds. The molecule has 6 nitrogen and oxygen atoms in total. The van der Waals surface area contributed by atoms with Gasteiger partial charge in [0.05, 0.1) is 0 Å². The molecule has 3 rings (SSSR count). The lowest BCUT2D eigenvalue weighted by molar-refractivity contribution is -0.134. The summed E-state index contributed by atoms with van der Waals surface area (Å²) < 4.78 is 33.0. The minimum Gasteiger partial charge on any atom is -0.484 e. The van der Waals surface area contributed by atoms with Crippen molar-refractivity contribution in [2.75, 3.05) is 19.7 Å². The fraction of sp³-hybridized carbons (Fsp3) is 0.353. The van der Waals surface area contributed by atoms with Gasteiger partial charge < -0.3 is 9.64 Å². The van der Waals surface area contributed by atoms with Gasteiger partial charge in [-0.2, -0.15) is 0 Å². The molecule has 2 heterocycles. The summed E-state index contributed by atoms with van der Waals surface area (Å²) in [5, 5.41) is 2.34. The Morgan fingerprint density at radius 3 is 2.54 bits per heavy atom. The molecule has 1 aliphatic rings. The molecule has 0 aliphatic carbocycles. The number of ether oxygens (including phenoxy) is 1. The van der Waals surface area contributed by atoms with E-state index in [0.29, 0.717) is 40.9 Å². The lowest BCUT2D eigenvalue weighted by atomic mass is 10.1. The van der Waals surface area contributed by atoms with Crippen LogP contribution in [-0.4, -0.2) is 45.0 Å². The summed E-state index contributed by atoms with van der Waals surface area (Å²) in [6, 6.07) is 9.95. The number of amides is 1. The first-order chi connectivity index (χ1) is 12.4. The molecule has 0 spiro atoms. The predicted molar refractivity (Wildman–Crippen MR) is 101 cm³/mol. The normalized spacial score (nSPS) is 15.8. The highest BCUT2D eigenvalue weighted by Crippen LogP contribution is 2.19. The van der Waals surface area contributed by atoms with E-state index in [1.807, 2.05) is 0 Å². The van der Waals surface area contributed by atoms with Crippen LogP contribution in [0.3, 0.4) is 0 Å². The van der Waals surface area contributed by atoms with Gasteiger partial charge in [0, 0.05) is 24.2 Å². The Morgan fingerprint density at radius 2 is 1.92 bits per heavy atom. The molecule has 2 aromatic rings. The molecule has 0 bridgehead atoms. The van der Waals surface area contributed by atoms with E-state index in [1.54, 1.807) is 46.7 Å². The maximum atomic E-state index is 12.3. The first-order valence-electron chi connectivity index (χ1n) is 8.16. The van der Waals surface area contributed by atoms with E-state index in [-0.39, 0.29) is 18.6 Å². The van der Waals surface area contributed by atoms with Gasteiger partial charge in [-0.3, -0.25) is 4.79 Å². The van der Waals surface area contributed by atoms with Crippen molar-refractivity contribution in [3.8, 4) is 5.75 Å². The van der Waals surface area contributed by atoms with E-state index in [2.05, 4.69) is 4.72 Å². The van der Waals surface area contributed by atoms with Crippen LogP contribution >= 0.6 is 22.9 Å². The molecule has 140 valence electrons. The Kier molecular flexibility index (Phi) is 6.18. The lowest BCUT2D eigenvalue weighted by Gasteiger charge is -2.32. The second-order valence-electron chi connectivity index (χ2n) is 5.95. The highest BCUT2D eigenvalue weighted by atomic mass is 35.5. The van der Waals surface area contributed by atoms with Gasteiger partial charge in [-0.05, 0) is 48.6 Å². The Balaban J connectivity index is 1.45. The van der Waals surface area contributed by atoms with Crippen LogP contribution in [0.4, 0.5) is 0 Å². The molecule has 1 aliphatic heterocycles. The quantitative estimate of drug-likeness (QED) is 0.788. The Bertz CT molecular complexity index is 830. The van der Waals surface area contributed by atoms with Crippen LogP contribution in [0.15, 0.2) is 46.0 Å². The van der Waals surface area contributed by atoms with E-state index in [4.69, 9.17) is 16.3 Å². The fourth-order valence-electron chi connectivity index (χ4n) is 2.71. The van der Waals surface area contributed by atoms with Crippen LogP contribution in [0.25, 0.3) is 0 Å². The minimum atomic E-state index is -3.47. The fourth-order valence-corrected chi connectivity index (χ4v) is 5.15. The molecular weight excluding hydrogens is 396 g/mol. The third-order valence-corrected chi connectivity index (χ3v) is 7.28.